The van der Waals surface area contributed by atoms with Crippen molar-refractivity contribution in [3.05, 3.63) is 59.7 Å². The number of sulfonamides is 1. The average molecular weight is 472 g/mol. The normalized spacial score (nSPS) is 17.9. The number of hydrogen-bond donors (Lipinski definition) is 0. The summed E-state index contributed by atoms with van der Waals surface area (Å²) in [7, 11) is -1.93. The summed E-state index contributed by atoms with van der Waals surface area (Å²) in [6, 6.07) is 15.4. The number of benzene rings is 2. The van der Waals surface area contributed by atoms with Gasteiger partial charge in [0.15, 0.2) is 0 Å². The van der Waals surface area contributed by atoms with Gasteiger partial charge in [-0.25, -0.2) is 8.42 Å². The summed E-state index contributed by atoms with van der Waals surface area (Å²) in [5.74, 6) is 0.722. The molecule has 0 saturated carbocycles. The lowest BCUT2D eigenvalue weighted by molar-refractivity contribution is -0.133. The highest BCUT2D eigenvalue weighted by Gasteiger charge is 2.28. The Bertz CT molecular complexity index is 1040. The fourth-order valence-electron chi connectivity index (χ4n) is 4.59. The van der Waals surface area contributed by atoms with Crippen LogP contribution in [0, 0.1) is 0 Å². The molecular formula is C25H33N3O4S. The first kappa shape index (κ1) is 23.7. The van der Waals surface area contributed by atoms with Crippen LogP contribution >= 0.6 is 0 Å². The Kier molecular flexibility index (Phi) is 7.67. The summed E-state index contributed by atoms with van der Waals surface area (Å²) in [5, 5.41) is 0. The molecule has 0 unspecified atom stereocenters. The Hall–Kier alpha value is -2.42. The van der Waals surface area contributed by atoms with Gasteiger partial charge in [-0.05, 0) is 48.6 Å². The molecule has 0 aromatic heterocycles. The Balaban J connectivity index is 1.34. The summed E-state index contributed by atoms with van der Waals surface area (Å²) < 4.78 is 32.9. The molecule has 2 saturated heterocycles. The van der Waals surface area contributed by atoms with E-state index in [-0.39, 0.29) is 10.8 Å². The van der Waals surface area contributed by atoms with Crippen molar-refractivity contribution in [2.45, 2.75) is 37.1 Å². The molecule has 2 aromatic rings. The third kappa shape index (κ3) is 5.75. The van der Waals surface area contributed by atoms with Crippen LogP contribution in [0.3, 0.4) is 0 Å². The Morgan fingerprint density at radius 2 is 1.64 bits per heavy atom. The number of hydrogen-bond acceptors (Lipinski definition) is 5. The SMILES string of the molecule is COc1ccc(S(=O)(=O)N2CCCC2)cc1CCC(=O)N1CCN(Cc2ccccc2)CC1. The molecular weight excluding hydrogens is 438 g/mol. The van der Waals surface area contributed by atoms with E-state index in [1.807, 2.05) is 11.0 Å². The third-order valence-corrected chi connectivity index (χ3v) is 8.43. The summed E-state index contributed by atoms with van der Waals surface area (Å²) in [4.78, 5) is 17.4. The van der Waals surface area contributed by atoms with Crippen molar-refractivity contribution < 1.29 is 17.9 Å². The van der Waals surface area contributed by atoms with Gasteiger partial charge >= 0.3 is 0 Å². The third-order valence-electron chi connectivity index (χ3n) is 6.54. The topological polar surface area (TPSA) is 70.2 Å². The minimum atomic E-state index is -3.50. The molecule has 2 fully saturated rings. The van der Waals surface area contributed by atoms with E-state index in [0.29, 0.717) is 44.8 Å². The van der Waals surface area contributed by atoms with Gasteiger partial charge in [-0.2, -0.15) is 4.31 Å². The van der Waals surface area contributed by atoms with Gasteiger partial charge in [-0.1, -0.05) is 30.3 Å². The number of methoxy groups -OCH3 is 1. The zero-order chi connectivity index (χ0) is 23.3. The maximum Gasteiger partial charge on any atom is 0.243 e. The van der Waals surface area contributed by atoms with Crippen molar-refractivity contribution in [3.63, 3.8) is 0 Å². The molecule has 7 nitrogen and oxygen atoms in total. The molecule has 0 atom stereocenters. The van der Waals surface area contributed by atoms with Crippen molar-refractivity contribution in [2.75, 3.05) is 46.4 Å². The minimum Gasteiger partial charge on any atom is -0.496 e. The molecule has 0 bridgehead atoms. The highest BCUT2D eigenvalue weighted by Crippen LogP contribution is 2.27. The van der Waals surface area contributed by atoms with Gasteiger partial charge in [0.2, 0.25) is 15.9 Å². The Labute approximate surface area is 197 Å². The Morgan fingerprint density at radius 3 is 2.30 bits per heavy atom. The fraction of sp³-hybridized carbons (Fsp3) is 0.480. The average Bonchev–Trinajstić information content (AvgIpc) is 3.39. The lowest BCUT2D eigenvalue weighted by atomic mass is 10.1. The van der Waals surface area contributed by atoms with Crippen LogP contribution in [0.2, 0.25) is 0 Å². The second-order valence-electron chi connectivity index (χ2n) is 8.73. The number of nitrogens with zero attached hydrogens (tertiary/aromatic N) is 3. The van der Waals surface area contributed by atoms with Crippen molar-refractivity contribution in [1.29, 1.82) is 0 Å². The second kappa shape index (κ2) is 10.7. The van der Waals surface area contributed by atoms with Crippen LogP contribution in [-0.4, -0.2) is 74.8 Å². The zero-order valence-corrected chi connectivity index (χ0v) is 20.1. The highest BCUT2D eigenvalue weighted by atomic mass is 32.2. The second-order valence-corrected chi connectivity index (χ2v) is 10.7. The van der Waals surface area contributed by atoms with Crippen LogP contribution in [-0.2, 0) is 27.8 Å². The maximum absolute atomic E-state index is 12.9. The lowest BCUT2D eigenvalue weighted by Gasteiger charge is -2.35. The number of carbonyl (C=O) groups is 1. The molecule has 2 aromatic carbocycles. The minimum absolute atomic E-state index is 0.101. The van der Waals surface area contributed by atoms with E-state index in [0.717, 1.165) is 38.0 Å². The number of piperazine rings is 1. The molecule has 1 amide bonds. The van der Waals surface area contributed by atoms with Crippen LogP contribution in [0.4, 0.5) is 0 Å². The van der Waals surface area contributed by atoms with Crippen molar-refractivity contribution >= 4 is 15.9 Å². The van der Waals surface area contributed by atoms with Crippen molar-refractivity contribution in [2.24, 2.45) is 0 Å². The number of ether oxygens (including phenoxy) is 1. The van der Waals surface area contributed by atoms with Crippen molar-refractivity contribution in [1.82, 2.24) is 14.1 Å². The van der Waals surface area contributed by atoms with E-state index in [4.69, 9.17) is 4.74 Å². The smallest absolute Gasteiger partial charge is 0.243 e. The van der Waals surface area contributed by atoms with E-state index >= 15 is 0 Å². The quantitative estimate of drug-likeness (QED) is 0.592. The standard InChI is InChI=1S/C25H33N3O4S/c1-32-24-11-10-23(33(30,31)28-13-5-6-14-28)19-22(24)9-12-25(29)27-17-15-26(16-18-27)20-21-7-3-2-4-8-21/h2-4,7-8,10-11,19H,5-6,9,12-18,20H2,1H3. The van der Waals surface area contributed by atoms with Gasteiger partial charge in [-0.3, -0.25) is 9.69 Å². The molecule has 8 heteroatoms. The van der Waals surface area contributed by atoms with E-state index in [9.17, 15) is 13.2 Å². The fourth-order valence-corrected chi connectivity index (χ4v) is 6.15. The first-order valence-electron chi connectivity index (χ1n) is 11.7. The van der Waals surface area contributed by atoms with Gasteiger partial charge < -0.3 is 9.64 Å². The molecule has 0 radical (unpaired) electrons. The molecule has 0 aliphatic carbocycles. The Morgan fingerprint density at radius 1 is 0.939 bits per heavy atom. The van der Waals surface area contributed by atoms with Gasteiger partial charge in [0.05, 0.1) is 12.0 Å². The van der Waals surface area contributed by atoms with Gasteiger partial charge in [0, 0.05) is 52.2 Å². The van der Waals surface area contributed by atoms with E-state index in [1.54, 1.807) is 29.6 Å². The molecule has 0 spiro atoms. The molecule has 2 heterocycles. The number of aryl methyl sites for hydroxylation is 1. The molecule has 2 aliphatic rings. The number of amides is 1. The summed E-state index contributed by atoms with van der Waals surface area (Å²) in [5.41, 5.74) is 2.04. The van der Waals surface area contributed by atoms with Crippen molar-refractivity contribution in [3.8, 4) is 5.75 Å². The summed E-state index contributed by atoms with van der Waals surface area (Å²) in [6.45, 7) is 5.18. The van der Waals surface area contributed by atoms with Crippen LogP contribution in [0.5, 0.6) is 5.75 Å². The molecule has 2 aliphatic heterocycles. The first-order chi connectivity index (χ1) is 16.0. The molecule has 178 valence electrons. The molecule has 33 heavy (non-hydrogen) atoms. The lowest BCUT2D eigenvalue weighted by Crippen LogP contribution is -2.48. The van der Waals surface area contributed by atoms with Crippen LogP contribution < -0.4 is 4.74 Å². The predicted octanol–water partition coefficient (Wildman–Crippen LogP) is 2.76. The van der Waals surface area contributed by atoms with E-state index in [2.05, 4.69) is 29.2 Å². The highest BCUT2D eigenvalue weighted by molar-refractivity contribution is 7.89. The number of rotatable bonds is 8. The van der Waals surface area contributed by atoms with E-state index < -0.39 is 10.0 Å². The van der Waals surface area contributed by atoms with Crippen LogP contribution in [0.1, 0.15) is 30.4 Å². The monoisotopic (exact) mass is 471 g/mol. The summed E-state index contributed by atoms with van der Waals surface area (Å²) >= 11 is 0. The van der Waals surface area contributed by atoms with Crippen LogP contribution in [0.15, 0.2) is 53.4 Å². The molecule has 4 rings (SSSR count). The predicted molar refractivity (Wildman–Crippen MR) is 128 cm³/mol. The van der Waals surface area contributed by atoms with Crippen LogP contribution in [0.25, 0.3) is 0 Å². The van der Waals surface area contributed by atoms with Gasteiger partial charge in [0.25, 0.3) is 0 Å². The maximum atomic E-state index is 12.9. The largest absolute Gasteiger partial charge is 0.496 e. The summed E-state index contributed by atoms with van der Waals surface area (Å²) in [6.07, 6.45) is 2.59. The zero-order valence-electron chi connectivity index (χ0n) is 19.3. The molecule has 0 N–H and O–H groups in total. The first-order valence-corrected chi connectivity index (χ1v) is 13.1. The van der Waals surface area contributed by atoms with Gasteiger partial charge in [0.1, 0.15) is 5.75 Å². The van der Waals surface area contributed by atoms with Gasteiger partial charge in [-0.15, -0.1) is 0 Å². The van der Waals surface area contributed by atoms with E-state index in [1.165, 1.54) is 5.56 Å². The number of carbonyl (C=O) groups excluding carboxylic acids is 1.